The number of rotatable bonds is 23. The summed E-state index contributed by atoms with van der Waals surface area (Å²) in [6, 6.07) is 19.7. The van der Waals surface area contributed by atoms with E-state index in [1.54, 1.807) is 45.6 Å². The first kappa shape index (κ1) is 54.3. The van der Waals surface area contributed by atoms with Crippen molar-refractivity contribution in [2.75, 3.05) is 20.2 Å². The summed E-state index contributed by atoms with van der Waals surface area (Å²) in [5, 5.41) is 25.7. The van der Waals surface area contributed by atoms with Gasteiger partial charge in [0.25, 0.3) is 0 Å². The molecular formula is C51H71N7O10. The van der Waals surface area contributed by atoms with E-state index < -0.39 is 96.0 Å². The number of carbonyl (C=O) groups is 7. The summed E-state index contributed by atoms with van der Waals surface area (Å²) in [6.45, 7) is 12.7. The van der Waals surface area contributed by atoms with Gasteiger partial charge in [0, 0.05) is 13.0 Å². The predicted octanol–water partition coefficient (Wildman–Crippen LogP) is 3.55. The minimum atomic E-state index is -1.52. The molecule has 0 aliphatic carbocycles. The van der Waals surface area contributed by atoms with Gasteiger partial charge in [-0.2, -0.15) is 0 Å². The standard InChI is InChI=1S/C51H71N7O10/c1-9-32(4)44(48(64)56-43(31(2)3)49(65)67-8)57-47(63)40-24-17-25-58(40)30-41(59)37(27-33-18-12-10-13-19-33)53-46(62)39(29-42(52)60)54-45(61)38(55-50(66)68-51(5,6)7)28-34-20-16-23-36(26-34)35-21-14-11-15-22-35/h10-16,18-23,26,31-32,37-41,43-44,59H,9,17,24-25,27-30H2,1-8H3,(H2,52,60)(H,53,62)(H,54,61)(H,55,66)(H,56,64)(H,57,63). The van der Waals surface area contributed by atoms with E-state index in [0.717, 1.165) is 16.7 Å². The summed E-state index contributed by atoms with van der Waals surface area (Å²) in [7, 11) is 1.24. The number of aliphatic hydroxyl groups is 1. The van der Waals surface area contributed by atoms with Crippen LogP contribution in [0, 0.1) is 11.8 Å². The Hall–Kier alpha value is -6.33. The zero-order valence-electron chi connectivity index (χ0n) is 40.6. The summed E-state index contributed by atoms with van der Waals surface area (Å²) in [4.78, 5) is 95.9. The summed E-state index contributed by atoms with van der Waals surface area (Å²) in [6.07, 6.45) is -1.04. The number of primary amides is 1. The molecule has 0 bridgehead atoms. The van der Waals surface area contributed by atoms with E-state index in [1.165, 1.54) is 7.11 Å². The van der Waals surface area contributed by atoms with Crippen LogP contribution < -0.4 is 32.3 Å². The van der Waals surface area contributed by atoms with Crippen molar-refractivity contribution in [1.29, 1.82) is 0 Å². The van der Waals surface area contributed by atoms with Gasteiger partial charge in [0.2, 0.25) is 29.5 Å². The number of aliphatic hydroxyl groups excluding tert-OH is 1. The first-order valence-electron chi connectivity index (χ1n) is 23.4. The summed E-state index contributed by atoms with van der Waals surface area (Å²) in [5.74, 6) is -4.61. The molecule has 370 valence electrons. The van der Waals surface area contributed by atoms with Crippen molar-refractivity contribution >= 4 is 41.6 Å². The Labute approximate surface area is 400 Å². The average molecular weight is 942 g/mol. The van der Waals surface area contributed by atoms with Crippen molar-refractivity contribution in [3.8, 4) is 11.1 Å². The molecule has 0 spiro atoms. The molecule has 17 heteroatoms. The molecule has 8 N–H and O–H groups in total. The molecule has 1 fully saturated rings. The molecule has 8 unspecified atom stereocenters. The van der Waals surface area contributed by atoms with E-state index in [2.05, 4.69) is 26.6 Å². The molecule has 4 rings (SSSR count). The van der Waals surface area contributed by atoms with Crippen molar-refractivity contribution in [3.05, 3.63) is 96.1 Å². The lowest BCUT2D eigenvalue weighted by molar-refractivity contribution is -0.147. The first-order chi connectivity index (χ1) is 32.2. The highest BCUT2D eigenvalue weighted by atomic mass is 16.6. The van der Waals surface area contributed by atoms with Crippen LogP contribution in [-0.2, 0) is 51.1 Å². The average Bonchev–Trinajstić information content (AvgIpc) is 3.76. The quantitative estimate of drug-likeness (QED) is 0.0678. The van der Waals surface area contributed by atoms with E-state index >= 15 is 0 Å². The first-order valence-corrected chi connectivity index (χ1v) is 23.4. The van der Waals surface area contributed by atoms with Crippen LogP contribution in [0.25, 0.3) is 11.1 Å². The Kier molecular flexibility index (Phi) is 20.5. The lowest BCUT2D eigenvalue weighted by atomic mass is 9.96. The molecule has 68 heavy (non-hydrogen) atoms. The van der Waals surface area contributed by atoms with Gasteiger partial charge in [-0.15, -0.1) is 0 Å². The minimum absolute atomic E-state index is 0.00861. The van der Waals surface area contributed by atoms with Crippen LogP contribution in [-0.4, -0.2) is 120 Å². The Morgan fingerprint density at radius 2 is 1.37 bits per heavy atom. The van der Waals surface area contributed by atoms with Crippen LogP contribution in [0.4, 0.5) is 4.79 Å². The summed E-state index contributed by atoms with van der Waals surface area (Å²) in [5.41, 5.74) is 8.01. The molecule has 0 radical (unpaired) electrons. The molecule has 3 aromatic rings. The lowest BCUT2D eigenvalue weighted by Gasteiger charge is -2.33. The number of hydrogen-bond acceptors (Lipinski definition) is 11. The van der Waals surface area contributed by atoms with Gasteiger partial charge < -0.3 is 46.9 Å². The fourth-order valence-electron chi connectivity index (χ4n) is 8.05. The molecule has 0 saturated carbocycles. The molecule has 6 amide bonds. The number of amides is 6. The third kappa shape index (κ3) is 16.8. The number of nitrogens with one attached hydrogen (secondary N) is 5. The molecular weight excluding hydrogens is 871 g/mol. The molecule has 0 aromatic heterocycles. The predicted molar refractivity (Wildman–Crippen MR) is 257 cm³/mol. The monoisotopic (exact) mass is 942 g/mol. The van der Waals surface area contributed by atoms with E-state index in [1.807, 2.05) is 92.7 Å². The highest BCUT2D eigenvalue weighted by Crippen LogP contribution is 2.23. The van der Waals surface area contributed by atoms with Gasteiger partial charge in [-0.25, -0.2) is 9.59 Å². The van der Waals surface area contributed by atoms with Gasteiger partial charge in [0.05, 0.1) is 31.7 Å². The van der Waals surface area contributed by atoms with E-state index in [-0.39, 0.29) is 31.2 Å². The Bertz CT molecular complexity index is 2170. The van der Waals surface area contributed by atoms with Gasteiger partial charge in [-0.05, 0) is 80.7 Å². The SMILES string of the molecule is CCC(C)C(NC(=O)C1CCCN1CC(O)C(Cc1ccccc1)NC(=O)C(CC(N)=O)NC(=O)C(Cc1cccc(-c2ccccc2)c1)NC(=O)OC(C)(C)C)C(=O)NC(C(=O)OC)C(C)C. The number of methoxy groups -OCH3 is 1. The number of nitrogens with zero attached hydrogens (tertiary/aromatic N) is 1. The smallest absolute Gasteiger partial charge is 0.408 e. The van der Waals surface area contributed by atoms with Gasteiger partial charge >= 0.3 is 12.1 Å². The summed E-state index contributed by atoms with van der Waals surface area (Å²) < 4.78 is 10.4. The van der Waals surface area contributed by atoms with Crippen LogP contribution in [0.5, 0.6) is 0 Å². The second kappa shape index (κ2) is 25.7. The van der Waals surface area contributed by atoms with Gasteiger partial charge in [0.15, 0.2) is 0 Å². The maximum atomic E-state index is 14.3. The highest BCUT2D eigenvalue weighted by Gasteiger charge is 2.39. The van der Waals surface area contributed by atoms with Crippen molar-refractivity contribution in [1.82, 2.24) is 31.5 Å². The number of carbonyl (C=O) groups excluding carboxylic acids is 7. The van der Waals surface area contributed by atoms with E-state index in [9.17, 15) is 38.7 Å². The number of esters is 1. The fraction of sp³-hybridized carbons (Fsp3) is 0.510. The van der Waals surface area contributed by atoms with Crippen LogP contribution in [0.15, 0.2) is 84.9 Å². The Morgan fingerprint density at radius 1 is 0.750 bits per heavy atom. The van der Waals surface area contributed by atoms with E-state index in [4.69, 9.17) is 15.2 Å². The number of β-amino-alcohol motifs (C(OH)–C–C–N with tert-alkyl or cyclic N) is 1. The molecule has 1 saturated heterocycles. The topological polar surface area (TPSA) is 248 Å². The third-order valence-electron chi connectivity index (χ3n) is 11.9. The maximum Gasteiger partial charge on any atom is 0.408 e. The molecule has 8 atom stereocenters. The van der Waals surface area contributed by atoms with Crippen molar-refractivity contribution in [2.45, 2.75) is 135 Å². The Morgan fingerprint density at radius 3 is 1.97 bits per heavy atom. The van der Waals surface area contributed by atoms with Crippen LogP contribution in [0.1, 0.15) is 85.3 Å². The van der Waals surface area contributed by atoms with Crippen molar-refractivity contribution < 1.29 is 48.1 Å². The fourth-order valence-corrected chi connectivity index (χ4v) is 8.05. The zero-order valence-corrected chi connectivity index (χ0v) is 40.6. The van der Waals surface area contributed by atoms with Gasteiger partial charge in [-0.3, -0.25) is 28.9 Å². The van der Waals surface area contributed by atoms with Crippen LogP contribution in [0.2, 0.25) is 0 Å². The minimum Gasteiger partial charge on any atom is -0.467 e. The van der Waals surface area contributed by atoms with Gasteiger partial charge in [-0.1, -0.05) is 119 Å². The normalized spacial score (nSPS) is 17.0. The number of benzene rings is 3. The Balaban J connectivity index is 1.56. The molecule has 1 aliphatic heterocycles. The second-order valence-corrected chi connectivity index (χ2v) is 18.9. The number of alkyl carbamates (subject to hydrolysis) is 1. The lowest BCUT2D eigenvalue weighted by Crippen LogP contribution is -2.59. The highest BCUT2D eigenvalue weighted by molar-refractivity contribution is 5.95. The number of likely N-dealkylation sites (tertiary alicyclic amines) is 1. The van der Waals surface area contributed by atoms with Crippen LogP contribution >= 0.6 is 0 Å². The van der Waals surface area contributed by atoms with Crippen molar-refractivity contribution in [2.24, 2.45) is 17.6 Å². The van der Waals surface area contributed by atoms with E-state index in [0.29, 0.717) is 31.4 Å². The molecule has 1 aliphatic rings. The second-order valence-electron chi connectivity index (χ2n) is 18.9. The van der Waals surface area contributed by atoms with Crippen molar-refractivity contribution in [3.63, 3.8) is 0 Å². The maximum absolute atomic E-state index is 14.3. The largest absolute Gasteiger partial charge is 0.467 e. The number of nitrogens with two attached hydrogens (primary N) is 1. The molecule has 3 aromatic carbocycles. The zero-order chi connectivity index (χ0) is 50.1. The molecule has 17 nitrogen and oxygen atoms in total. The summed E-state index contributed by atoms with van der Waals surface area (Å²) >= 11 is 0. The number of hydrogen-bond donors (Lipinski definition) is 7. The number of ether oxygens (including phenoxy) is 2. The third-order valence-corrected chi connectivity index (χ3v) is 11.9. The molecule has 1 heterocycles. The van der Waals surface area contributed by atoms with Gasteiger partial charge in [0.1, 0.15) is 29.8 Å². The van der Waals surface area contributed by atoms with Crippen LogP contribution in [0.3, 0.4) is 0 Å².